The molecule has 2 saturated carbocycles. The van der Waals surface area contributed by atoms with Crippen LogP contribution >= 0.6 is 15.9 Å². The van der Waals surface area contributed by atoms with Crippen LogP contribution in [0.25, 0.3) is 0 Å². The minimum absolute atomic E-state index is 0.0170. The highest BCUT2D eigenvalue weighted by Gasteiger charge is 2.43. The lowest BCUT2D eigenvalue weighted by Crippen LogP contribution is -2.39. The number of alkyl halides is 3. The van der Waals surface area contributed by atoms with Crippen LogP contribution in [0.15, 0.2) is 4.47 Å². The van der Waals surface area contributed by atoms with Gasteiger partial charge in [-0.05, 0) is 48.5 Å². The Morgan fingerprint density at radius 2 is 1.80 bits per heavy atom. The zero-order valence-electron chi connectivity index (χ0n) is 14.2. The average molecular weight is 422 g/mol. The van der Waals surface area contributed by atoms with Crippen molar-refractivity contribution < 1.29 is 18.0 Å². The number of rotatable bonds is 4. The van der Waals surface area contributed by atoms with Gasteiger partial charge in [0.2, 0.25) is 5.91 Å². The quantitative estimate of drug-likeness (QED) is 0.699. The van der Waals surface area contributed by atoms with Crippen molar-refractivity contribution in [3.8, 4) is 0 Å². The molecule has 0 bridgehead atoms. The van der Waals surface area contributed by atoms with E-state index in [1.165, 1.54) is 17.5 Å². The zero-order chi connectivity index (χ0) is 18.2. The molecule has 8 heteroatoms. The molecule has 1 amide bonds. The summed E-state index contributed by atoms with van der Waals surface area (Å²) in [5.74, 6) is -0.205. The second-order valence-corrected chi connectivity index (χ2v) is 7.93. The molecular formula is C17H23BrF3N3O. The van der Waals surface area contributed by atoms with Crippen LogP contribution in [0.4, 0.5) is 13.2 Å². The third kappa shape index (κ3) is 4.20. The number of nitrogens with one attached hydrogen (secondary N) is 1. The van der Waals surface area contributed by atoms with E-state index >= 15 is 0 Å². The van der Waals surface area contributed by atoms with Gasteiger partial charge in [-0.25, -0.2) is 0 Å². The van der Waals surface area contributed by atoms with E-state index in [0.29, 0.717) is 5.69 Å². The van der Waals surface area contributed by atoms with Crippen molar-refractivity contribution in [3.05, 3.63) is 15.9 Å². The second-order valence-electron chi connectivity index (χ2n) is 7.14. The number of halogens is 4. The lowest BCUT2D eigenvalue weighted by molar-refractivity contribution is -0.142. The number of aromatic nitrogens is 2. The van der Waals surface area contributed by atoms with Crippen molar-refractivity contribution in [2.75, 3.05) is 0 Å². The SMILES string of the molecule is CC(C(=O)NC1CCCCCC1)n1nc(C(F)(F)F)c(Br)c1C1CC1. The van der Waals surface area contributed by atoms with Crippen molar-refractivity contribution in [2.45, 2.75) is 82.5 Å². The van der Waals surface area contributed by atoms with Gasteiger partial charge in [0.15, 0.2) is 5.69 Å². The maximum Gasteiger partial charge on any atom is 0.436 e. The number of hydrogen-bond donors (Lipinski definition) is 1. The molecule has 1 heterocycles. The van der Waals surface area contributed by atoms with E-state index in [9.17, 15) is 18.0 Å². The molecule has 0 aromatic carbocycles. The van der Waals surface area contributed by atoms with Crippen LogP contribution in [-0.2, 0) is 11.0 Å². The summed E-state index contributed by atoms with van der Waals surface area (Å²) in [6.07, 6.45) is 3.51. The smallest absolute Gasteiger partial charge is 0.352 e. The van der Waals surface area contributed by atoms with Crippen LogP contribution in [-0.4, -0.2) is 21.7 Å². The van der Waals surface area contributed by atoms with Crippen molar-refractivity contribution in [1.82, 2.24) is 15.1 Å². The van der Waals surface area contributed by atoms with E-state index in [4.69, 9.17) is 0 Å². The third-order valence-corrected chi connectivity index (χ3v) is 5.85. The Morgan fingerprint density at radius 3 is 2.32 bits per heavy atom. The van der Waals surface area contributed by atoms with Crippen molar-refractivity contribution in [3.63, 3.8) is 0 Å². The zero-order valence-corrected chi connectivity index (χ0v) is 15.8. The molecule has 0 aliphatic heterocycles. The highest BCUT2D eigenvalue weighted by atomic mass is 79.9. The van der Waals surface area contributed by atoms with E-state index in [1.54, 1.807) is 6.92 Å². The van der Waals surface area contributed by atoms with Gasteiger partial charge in [0.1, 0.15) is 6.04 Å². The van der Waals surface area contributed by atoms with Gasteiger partial charge >= 0.3 is 6.18 Å². The molecule has 1 aromatic rings. The molecule has 0 radical (unpaired) electrons. The van der Waals surface area contributed by atoms with Gasteiger partial charge in [0, 0.05) is 12.0 Å². The number of nitrogens with zero attached hydrogens (tertiary/aromatic N) is 2. The van der Waals surface area contributed by atoms with E-state index in [2.05, 4.69) is 26.3 Å². The number of amides is 1. The number of carbonyl (C=O) groups is 1. The fourth-order valence-corrected chi connectivity index (χ4v) is 4.29. The Morgan fingerprint density at radius 1 is 1.20 bits per heavy atom. The summed E-state index contributed by atoms with van der Waals surface area (Å²) in [6.45, 7) is 1.62. The third-order valence-electron chi connectivity index (χ3n) is 5.07. The normalized spacial score (nSPS) is 21.0. The fourth-order valence-electron chi connectivity index (χ4n) is 3.48. The summed E-state index contributed by atoms with van der Waals surface area (Å²) in [7, 11) is 0. The predicted octanol–water partition coefficient (Wildman–Crippen LogP) is 4.94. The van der Waals surface area contributed by atoms with E-state index in [1.807, 2.05) is 0 Å². The molecule has 140 valence electrons. The Bertz CT molecular complexity index is 632. The molecule has 4 nitrogen and oxygen atoms in total. The highest BCUT2D eigenvalue weighted by Crippen LogP contribution is 2.47. The fraction of sp³-hybridized carbons (Fsp3) is 0.765. The lowest BCUT2D eigenvalue weighted by atomic mass is 10.1. The summed E-state index contributed by atoms with van der Waals surface area (Å²) in [4.78, 5) is 12.6. The molecule has 2 fully saturated rings. The summed E-state index contributed by atoms with van der Waals surface area (Å²) in [5, 5.41) is 6.77. The van der Waals surface area contributed by atoms with E-state index in [-0.39, 0.29) is 22.3 Å². The lowest BCUT2D eigenvalue weighted by Gasteiger charge is -2.21. The summed E-state index contributed by atoms with van der Waals surface area (Å²) in [6, 6.07) is -0.644. The number of carbonyl (C=O) groups excluding carboxylic acids is 1. The van der Waals surface area contributed by atoms with E-state index in [0.717, 1.165) is 38.5 Å². The van der Waals surface area contributed by atoms with Gasteiger partial charge in [-0.1, -0.05) is 25.7 Å². The molecule has 3 rings (SSSR count). The largest absolute Gasteiger partial charge is 0.436 e. The predicted molar refractivity (Wildman–Crippen MR) is 91.2 cm³/mol. The molecule has 25 heavy (non-hydrogen) atoms. The monoisotopic (exact) mass is 421 g/mol. The molecule has 0 spiro atoms. The first kappa shape index (κ1) is 18.7. The minimum atomic E-state index is -4.54. The van der Waals surface area contributed by atoms with Gasteiger partial charge in [-0.15, -0.1) is 0 Å². The van der Waals surface area contributed by atoms with Crippen LogP contribution in [0.2, 0.25) is 0 Å². The number of hydrogen-bond acceptors (Lipinski definition) is 2. The molecule has 0 saturated heterocycles. The van der Waals surface area contributed by atoms with Gasteiger partial charge in [-0.2, -0.15) is 18.3 Å². The highest BCUT2D eigenvalue weighted by molar-refractivity contribution is 9.10. The molecule has 1 unspecified atom stereocenters. The van der Waals surface area contributed by atoms with Crippen molar-refractivity contribution in [2.24, 2.45) is 0 Å². The Balaban J connectivity index is 1.81. The minimum Gasteiger partial charge on any atom is -0.352 e. The first-order chi connectivity index (χ1) is 11.8. The topological polar surface area (TPSA) is 46.9 Å². The van der Waals surface area contributed by atoms with Gasteiger partial charge in [0.25, 0.3) is 0 Å². The Labute approximate surface area is 153 Å². The maximum atomic E-state index is 13.2. The van der Waals surface area contributed by atoms with E-state index < -0.39 is 17.9 Å². The summed E-state index contributed by atoms with van der Waals surface area (Å²) >= 11 is 3.07. The first-order valence-corrected chi connectivity index (χ1v) is 9.73. The molecule has 1 aromatic heterocycles. The first-order valence-electron chi connectivity index (χ1n) is 8.94. The van der Waals surface area contributed by atoms with Crippen LogP contribution in [0.5, 0.6) is 0 Å². The molecular weight excluding hydrogens is 399 g/mol. The van der Waals surface area contributed by atoms with Crippen LogP contribution in [0.3, 0.4) is 0 Å². The van der Waals surface area contributed by atoms with Crippen molar-refractivity contribution in [1.29, 1.82) is 0 Å². The van der Waals surface area contributed by atoms with Gasteiger partial charge < -0.3 is 5.32 Å². The van der Waals surface area contributed by atoms with Crippen molar-refractivity contribution >= 4 is 21.8 Å². The van der Waals surface area contributed by atoms with Crippen LogP contribution in [0, 0.1) is 0 Å². The molecule has 2 aliphatic carbocycles. The summed E-state index contributed by atoms with van der Waals surface area (Å²) < 4.78 is 40.9. The van der Waals surface area contributed by atoms with Crippen LogP contribution in [0.1, 0.15) is 81.6 Å². The van der Waals surface area contributed by atoms with Gasteiger partial charge in [0.05, 0.1) is 10.2 Å². The molecule has 1 atom stereocenters. The molecule has 1 N–H and O–H groups in total. The second kappa shape index (κ2) is 7.29. The Kier molecular flexibility index (Phi) is 5.46. The van der Waals surface area contributed by atoms with Gasteiger partial charge in [-0.3, -0.25) is 9.48 Å². The molecule has 2 aliphatic rings. The standard InChI is InChI=1S/C17H23BrF3N3O/c1-10(16(25)22-12-6-4-2-3-5-7-12)24-14(11-8-9-11)13(18)15(23-24)17(19,20)21/h10-12H,2-9H2,1H3,(H,22,25). The van der Waals surface area contributed by atoms with Crippen LogP contribution < -0.4 is 5.32 Å². The maximum absolute atomic E-state index is 13.2. The summed E-state index contributed by atoms with van der Waals surface area (Å²) in [5.41, 5.74) is -0.445. The Hall–Kier alpha value is -1.05. The average Bonchev–Trinajstić information content (AvgIpc) is 3.33.